The Kier molecular flexibility index (Phi) is 4.97. The summed E-state index contributed by atoms with van der Waals surface area (Å²) < 4.78 is 74.6. The van der Waals surface area contributed by atoms with Crippen molar-refractivity contribution in [3.8, 4) is 5.75 Å². The number of hydrogen-bond donors (Lipinski definition) is 0. The topological polar surface area (TPSA) is 52.3 Å². The first-order valence-electron chi connectivity index (χ1n) is 6.56. The van der Waals surface area contributed by atoms with Crippen molar-refractivity contribution in [2.24, 2.45) is 0 Å². The normalized spacial score (nSPS) is 10.9. The van der Waals surface area contributed by atoms with Crippen LogP contribution in [0.4, 0.5) is 22.0 Å². The highest BCUT2D eigenvalue weighted by Gasteiger charge is 2.29. The van der Waals surface area contributed by atoms with Crippen LogP contribution >= 0.6 is 0 Å². The summed E-state index contributed by atoms with van der Waals surface area (Å²) in [5.74, 6) is -14.9. The largest absolute Gasteiger partial charge is 0.414 e. The maximum absolute atomic E-state index is 13.4. The number of carbonyl (C=O) groups is 1. The van der Waals surface area contributed by atoms with Crippen molar-refractivity contribution in [3.63, 3.8) is 0 Å². The Labute approximate surface area is 126 Å². The Hall–Kier alpha value is -2.45. The molecule has 0 radical (unpaired) electrons. The predicted octanol–water partition coefficient (Wildman–Crippen LogP) is 3.93. The van der Waals surface area contributed by atoms with E-state index in [1.54, 1.807) is 0 Å². The van der Waals surface area contributed by atoms with Crippen molar-refractivity contribution in [1.29, 1.82) is 0 Å². The van der Waals surface area contributed by atoms with E-state index in [-0.39, 0.29) is 0 Å². The van der Waals surface area contributed by atoms with Gasteiger partial charge in [-0.05, 0) is 12.8 Å². The lowest BCUT2D eigenvalue weighted by Crippen LogP contribution is -2.13. The molecule has 0 N–H and O–H groups in total. The molecule has 124 valence electrons. The monoisotopic (exact) mass is 335 g/mol. The van der Waals surface area contributed by atoms with Crippen LogP contribution < -0.4 is 4.74 Å². The molecule has 0 aliphatic heterocycles. The number of nitrogens with zero attached hydrogens (tertiary/aromatic N) is 1. The summed E-state index contributed by atoms with van der Waals surface area (Å²) >= 11 is 0. The average Bonchev–Trinajstić information content (AvgIpc) is 3.02. The zero-order chi connectivity index (χ0) is 17.1. The van der Waals surface area contributed by atoms with Crippen LogP contribution in [0.25, 0.3) is 0 Å². The first kappa shape index (κ1) is 16.9. The van der Waals surface area contributed by atoms with Gasteiger partial charge in [0.15, 0.2) is 0 Å². The molecule has 0 saturated carbocycles. The molecule has 0 bridgehead atoms. The zero-order valence-electron chi connectivity index (χ0n) is 11.8. The Bertz CT molecular complexity index is 715. The maximum Gasteiger partial charge on any atom is 0.382 e. The van der Waals surface area contributed by atoms with Gasteiger partial charge in [0.1, 0.15) is 0 Å². The Morgan fingerprint density at radius 1 is 1.09 bits per heavy atom. The molecule has 0 aliphatic carbocycles. The van der Waals surface area contributed by atoms with E-state index in [2.05, 4.69) is 14.4 Å². The second-order valence-corrected chi connectivity index (χ2v) is 4.57. The number of ether oxygens (including phenoxy) is 1. The highest BCUT2D eigenvalue weighted by Crippen LogP contribution is 2.29. The summed E-state index contributed by atoms with van der Waals surface area (Å²) in [4.78, 5) is 11.7. The minimum Gasteiger partial charge on any atom is -0.414 e. The second-order valence-electron chi connectivity index (χ2n) is 4.57. The van der Waals surface area contributed by atoms with Gasteiger partial charge in [-0.3, -0.25) is 0 Å². The third kappa shape index (κ3) is 3.33. The van der Waals surface area contributed by atoms with Crippen molar-refractivity contribution < 1.29 is 36.0 Å². The van der Waals surface area contributed by atoms with Crippen molar-refractivity contribution in [3.05, 3.63) is 46.6 Å². The van der Waals surface area contributed by atoms with E-state index in [1.165, 1.54) is 6.07 Å². The number of carbonyl (C=O) groups excluding carboxylic acids is 1. The molecule has 1 heterocycles. The third-order valence-corrected chi connectivity index (χ3v) is 2.91. The number of aryl methyl sites for hydroxylation is 1. The lowest BCUT2D eigenvalue weighted by Gasteiger charge is -2.07. The van der Waals surface area contributed by atoms with Gasteiger partial charge in [0, 0.05) is 6.07 Å². The second kappa shape index (κ2) is 6.76. The first-order chi connectivity index (χ1) is 10.9. The molecule has 0 aliphatic rings. The number of esters is 1. The summed E-state index contributed by atoms with van der Waals surface area (Å²) in [6.45, 7) is 1.93. The van der Waals surface area contributed by atoms with E-state index in [9.17, 15) is 26.7 Å². The minimum absolute atomic E-state index is 0.399. The standard InChI is InChI=1S/C14H10F5NO3/c1-2-3-4-6-5-7(23-20-6)14(21)22-13-11(18)9(16)8(15)10(17)12(13)19/h5H,2-4H2,1H3. The minimum atomic E-state index is -2.35. The smallest absolute Gasteiger partial charge is 0.382 e. The molecule has 23 heavy (non-hydrogen) atoms. The molecule has 1 aromatic carbocycles. The molecule has 0 saturated heterocycles. The molecule has 0 atom stereocenters. The first-order valence-corrected chi connectivity index (χ1v) is 6.56. The van der Waals surface area contributed by atoms with Gasteiger partial charge >= 0.3 is 5.97 Å². The number of benzene rings is 1. The summed E-state index contributed by atoms with van der Waals surface area (Å²) in [5.41, 5.74) is 0.399. The fraction of sp³-hybridized carbons (Fsp3) is 0.286. The van der Waals surface area contributed by atoms with Crippen LogP contribution in [0.5, 0.6) is 5.75 Å². The molecule has 0 spiro atoms. The average molecular weight is 335 g/mol. The van der Waals surface area contributed by atoms with Gasteiger partial charge < -0.3 is 9.26 Å². The van der Waals surface area contributed by atoms with Crippen molar-refractivity contribution in [2.75, 3.05) is 0 Å². The number of unbranched alkanes of at least 4 members (excludes halogenated alkanes) is 1. The number of hydrogen-bond acceptors (Lipinski definition) is 4. The van der Waals surface area contributed by atoms with Crippen molar-refractivity contribution in [2.45, 2.75) is 26.2 Å². The number of aromatic nitrogens is 1. The van der Waals surface area contributed by atoms with E-state index < -0.39 is 46.6 Å². The van der Waals surface area contributed by atoms with E-state index in [0.717, 1.165) is 12.8 Å². The van der Waals surface area contributed by atoms with Crippen LogP contribution in [0.15, 0.2) is 10.6 Å². The molecular weight excluding hydrogens is 325 g/mol. The van der Waals surface area contributed by atoms with E-state index in [0.29, 0.717) is 12.1 Å². The van der Waals surface area contributed by atoms with Crippen molar-refractivity contribution >= 4 is 5.97 Å². The molecular formula is C14H10F5NO3. The van der Waals surface area contributed by atoms with Crippen LogP contribution in [-0.2, 0) is 6.42 Å². The molecule has 2 rings (SSSR count). The third-order valence-electron chi connectivity index (χ3n) is 2.91. The van der Waals surface area contributed by atoms with E-state index in [1.807, 2.05) is 6.92 Å². The Morgan fingerprint density at radius 3 is 2.22 bits per heavy atom. The SMILES string of the molecule is CCCCc1cc(C(=O)Oc2c(F)c(F)c(F)c(F)c2F)on1. The summed E-state index contributed by atoms with van der Waals surface area (Å²) in [6, 6.07) is 1.17. The van der Waals surface area contributed by atoms with E-state index >= 15 is 0 Å². The summed E-state index contributed by atoms with van der Waals surface area (Å²) in [7, 11) is 0. The Morgan fingerprint density at radius 2 is 1.65 bits per heavy atom. The molecule has 9 heteroatoms. The molecule has 1 aromatic heterocycles. The van der Waals surface area contributed by atoms with E-state index in [4.69, 9.17) is 0 Å². The van der Waals surface area contributed by atoms with Crippen LogP contribution in [0.1, 0.15) is 36.0 Å². The van der Waals surface area contributed by atoms with Gasteiger partial charge in [0.2, 0.25) is 40.6 Å². The fourth-order valence-corrected chi connectivity index (χ4v) is 1.70. The van der Waals surface area contributed by atoms with Crippen LogP contribution in [-0.4, -0.2) is 11.1 Å². The highest BCUT2D eigenvalue weighted by molar-refractivity contribution is 5.88. The number of rotatable bonds is 5. The lowest BCUT2D eigenvalue weighted by molar-refractivity contribution is 0.0672. The quantitative estimate of drug-likeness (QED) is 0.273. The maximum atomic E-state index is 13.4. The number of halogens is 5. The van der Waals surface area contributed by atoms with Gasteiger partial charge in [-0.25, -0.2) is 18.0 Å². The molecule has 2 aromatic rings. The van der Waals surface area contributed by atoms with Gasteiger partial charge in [-0.15, -0.1) is 0 Å². The predicted molar refractivity (Wildman–Crippen MR) is 66.3 cm³/mol. The van der Waals surface area contributed by atoms with Gasteiger partial charge in [0.25, 0.3) is 0 Å². The lowest BCUT2D eigenvalue weighted by atomic mass is 10.2. The fourth-order valence-electron chi connectivity index (χ4n) is 1.70. The van der Waals surface area contributed by atoms with Gasteiger partial charge in [-0.2, -0.15) is 8.78 Å². The zero-order valence-corrected chi connectivity index (χ0v) is 11.8. The van der Waals surface area contributed by atoms with Crippen LogP contribution in [0.3, 0.4) is 0 Å². The van der Waals surface area contributed by atoms with Crippen LogP contribution in [0.2, 0.25) is 0 Å². The van der Waals surface area contributed by atoms with Gasteiger partial charge in [-0.1, -0.05) is 18.5 Å². The molecule has 0 unspecified atom stereocenters. The van der Waals surface area contributed by atoms with Crippen molar-refractivity contribution in [1.82, 2.24) is 5.16 Å². The highest BCUT2D eigenvalue weighted by atomic mass is 19.2. The summed E-state index contributed by atoms with van der Waals surface area (Å²) in [6.07, 6.45) is 2.12. The van der Waals surface area contributed by atoms with Crippen LogP contribution in [0, 0.1) is 29.1 Å². The molecule has 0 fully saturated rings. The van der Waals surface area contributed by atoms with Gasteiger partial charge in [0.05, 0.1) is 5.69 Å². The molecule has 4 nitrogen and oxygen atoms in total. The Balaban J connectivity index is 2.25. The molecule has 0 amide bonds. The summed E-state index contributed by atoms with van der Waals surface area (Å²) in [5, 5.41) is 3.54.